The van der Waals surface area contributed by atoms with Gasteiger partial charge in [-0.1, -0.05) is 17.8 Å². The molecule has 0 unspecified atom stereocenters. The first-order valence-corrected chi connectivity index (χ1v) is 6.98. The monoisotopic (exact) mass is 273 g/mol. The molecule has 0 saturated carbocycles. The summed E-state index contributed by atoms with van der Waals surface area (Å²) in [6.07, 6.45) is 0. The number of anilines is 1. The van der Waals surface area contributed by atoms with E-state index >= 15 is 0 Å². The minimum absolute atomic E-state index is 0.605. The summed E-state index contributed by atoms with van der Waals surface area (Å²) < 4.78 is 11.1. The Balaban J connectivity index is 1.87. The first-order chi connectivity index (χ1) is 9.22. The third-order valence-electron chi connectivity index (χ3n) is 2.91. The van der Waals surface area contributed by atoms with Crippen molar-refractivity contribution in [3.63, 3.8) is 0 Å². The van der Waals surface area contributed by atoms with Crippen molar-refractivity contribution in [3.8, 4) is 11.5 Å². The lowest BCUT2D eigenvalue weighted by molar-refractivity contribution is 0.171. The highest BCUT2D eigenvalue weighted by molar-refractivity contribution is 7.99. The molecule has 0 aromatic heterocycles. The molecule has 98 valence electrons. The average molecular weight is 273 g/mol. The molecule has 0 atom stereocenters. The van der Waals surface area contributed by atoms with Gasteiger partial charge >= 0.3 is 0 Å². The van der Waals surface area contributed by atoms with E-state index in [1.807, 2.05) is 37.3 Å². The molecule has 0 bridgehead atoms. The zero-order valence-corrected chi connectivity index (χ0v) is 11.5. The summed E-state index contributed by atoms with van der Waals surface area (Å²) in [5, 5.41) is 0. The largest absolute Gasteiger partial charge is 0.486 e. The number of benzene rings is 2. The average Bonchev–Trinajstić information content (AvgIpc) is 2.42. The first kappa shape index (κ1) is 12.2. The van der Waals surface area contributed by atoms with E-state index in [9.17, 15) is 0 Å². The molecule has 2 aromatic carbocycles. The van der Waals surface area contributed by atoms with Gasteiger partial charge in [0.05, 0.1) is 0 Å². The number of hydrogen-bond donors (Lipinski definition) is 1. The van der Waals surface area contributed by atoms with Crippen molar-refractivity contribution in [1.82, 2.24) is 0 Å². The van der Waals surface area contributed by atoms with Gasteiger partial charge in [-0.25, -0.2) is 0 Å². The Bertz CT molecular complexity index is 613. The zero-order chi connectivity index (χ0) is 13.2. The van der Waals surface area contributed by atoms with Crippen molar-refractivity contribution < 1.29 is 9.47 Å². The van der Waals surface area contributed by atoms with Crippen LogP contribution in [0.5, 0.6) is 11.5 Å². The van der Waals surface area contributed by atoms with Crippen molar-refractivity contribution in [3.05, 3.63) is 42.0 Å². The van der Waals surface area contributed by atoms with Crippen LogP contribution < -0.4 is 15.2 Å². The van der Waals surface area contributed by atoms with Crippen LogP contribution in [-0.4, -0.2) is 13.2 Å². The SMILES string of the molecule is Cc1ccc(Sc2ccc3c(c2)OCCO3)c(N)c1. The van der Waals surface area contributed by atoms with E-state index < -0.39 is 0 Å². The van der Waals surface area contributed by atoms with Gasteiger partial charge in [0.2, 0.25) is 0 Å². The first-order valence-electron chi connectivity index (χ1n) is 6.16. The number of aryl methyl sites for hydroxylation is 1. The minimum atomic E-state index is 0.605. The normalized spacial score (nSPS) is 13.3. The van der Waals surface area contributed by atoms with E-state index in [0.29, 0.717) is 13.2 Å². The van der Waals surface area contributed by atoms with Gasteiger partial charge in [-0.15, -0.1) is 0 Å². The number of fused-ring (bicyclic) bond motifs is 1. The molecule has 0 saturated heterocycles. The molecule has 1 heterocycles. The lowest BCUT2D eigenvalue weighted by Crippen LogP contribution is -2.15. The highest BCUT2D eigenvalue weighted by atomic mass is 32.2. The van der Waals surface area contributed by atoms with Gasteiger partial charge in [-0.2, -0.15) is 0 Å². The fourth-order valence-electron chi connectivity index (χ4n) is 1.97. The lowest BCUT2D eigenvalue weighted by atomic mass is 10.2. The van der Waals surface area contributed by atoms with Crippen LogP contribution in [0.25, 0.3) is 0 Å². The summed E-state index contributed by atoms with van der Waals surface area (Å²) in [4.78, 5) is 2.15. The second-order valence-corrected chi connectivity index (χ2v) is 5.56. The van der Waals surface area contributed by atoms with Crippen LogP contribution in [-0.2, 0) is 0 Å². The van der Waals surface area contributed by atoms with E-state index in [0.717, 1.165) is 27.0 Å². The molecule has 0 aliphatic carbocycles. The predicted molar refractivity (Wildman–Crippen MR) is 77.1 cm³/mol. The Kier molecular flexibility index (Phi) is 3.25. The number of hydrogen-bond acceptors (Lipinski definition) is 4. The third-order valence-corrected chi connectivity index (χ3v) is 3.99. The fourth-order valence-corrected chi connectivity index (χ4v) is 2.84. The molecule has 2 N–H and O–H groups in total. The number of ether oxygens (including phenoxy) is 2. The van der Waals surface area contributed by atoms with E-state index in [4.69, 9.17) is 15.2 Å². The molecular weight excluding hydrogens is 258 g/mol. The highest BCUT2D eigenvalue weighted by Gasteiger charge is 2.12. The zero-order valence-electron chi connectivity index (χ0n) is 10.7. The fraction of sp³-hybridized carbons (Fsp3) is 0.200. The van der Waals surface area contributed by atoms with Crippen molar-refractivity contribution >= 4 is 17.4 Å². The molecule has 19 heavy (non-hydrogen) atoms. The molecule has 2 aromatic rings. The van der Waals surface area contributed by atoms with Crippen LogP contribution in [0.1, 0.15) is 5.56 Å². The van der Waals surface area contributed by atoms with Crippen LogP contribution >= 0.6 is 11.8 Å². The second kappa shape index (κ2) is 5.05. The van der Waals surface area contributed by atoms with Crippen molar-refractivity contribution in [2.45, 2.75) is 16.7 Å². The maximum atomic E-state index is 6.03. The molecule has 4 heteroatoms. The summed E-state index contributed by atoms with van der Waals surface area (Å²) in [5.74, 6) is 1.62. The van der Waals surface area contributed by atoms with Gasteiger partial charge in [0, 0.05) is 15.5 Å². The van der Waals surface area contributed by atoms with Gasteiger partial charge in [0.25, 0.3) is 0 Å². The summed E-state index contributed by atoms with van der Waals surface area (Å²) in [5.41, 5.74) is 8.01. The van der Waals surface area contributed by atoms with Crippen LogP contribution in [0.2, 0.25) is 0 Å². The van der Waals surface area contributed by atoms with Gasteiger partial charge in [0.1, 0.15) is 13.2 Å². The van der Waals surface area contributed by atoms with E-state index in [2.05, 4.69) is 6.07 Å². The van der Waals surface area contributed by atoms with Crippen LogP contribution in [0, 0.1) is 6.92 Å². The Labute approximate surface area is 116 Å². The molecule has 1 aliphatic rings. The van der Waals surface area contributed by atoms with Gasteiger partial charge in [0.15, 0.2) is 11.5 Å². The number of nitrogen functional groups attached to an aromatic ring is 1. The predicted octanol–water partition coefficient (Wildman–Crippen LogP) is 3.50. The maximum Gasteiger partial charge on any atom is 0.162 e. The quantitative estimate of drug-likeness (QED) is 0.851. The van der Waals surface area contributed by atoms with E-state index in [1.165, 1.54) is 5.56 Å². The smallest absolute Gasteiger partial charge is 0.162 e. The number of nitrogens with two attached hydrogens (primary N) is 1. The van der Waals surface area contributed by atoms with Gasteiger partial charge < -0.3 is 15.2 Å². The van der Waals surface area contributed by atoms with Crippen molar-refractivity contribution in [1.29, 1.82) is 0 Å². The highest BCUT2D eigenvalue weighted by Crippen LogP contribution is 2.38. The molecule has 3 nitrogen and oxygen atoms in total. The molecule has 1 aliphatic heterocycles. The lowest BCUT2D eigenvalue weighted by Gasteiger charge is -2.18. The third kappa shape index (κ3) is 2.63. The summed E-state index contributed by atoms with van der Waals surface area (Å²) >= 11 is 1.64. The molecule has 0 spiro atoms. The molecule has 3 rings (SSSR count). The Morgan fingerprint density at radius 3 is 2.58 bits per heavy atom. The van der Waals surface area contributed by atoms with Crippen molar-refractivity contribution in [2.75, 3.05) is 18.9 Å². The maximum absolute atomic E-state index is 6.03. The Morgan fingerprint density at radius 2 is 1.79 bits per heavy atom. The van der Waals surface area contributed by atoms with E-state index in [-0.39, 0.29) is 0 Å². The number of rotatable bonds is 2. The summed E-state index contributed by atoms with van der Waals surface area (Å²) in [7, 11) is 0. The van der Waals surface area contributed by atoms with Gasteiger partial charge in [-0.3, -0.25) is 0 Å². The molecule has 0 fully saturated rings. The minimum Gasteiger partial charge on any atom is -0.486 e. The molecule has 0 amide bonds. The van der Waals surface area contributed by atoms with E-state index in [1.54, 1.807) is 11.8 Å². The second-order valence-electron chi connectivity index (χ2n) is 4.45. The Morgan fingerprint density at radius 1 is 1.00 bits per heavy atom. The summed E-state index contributed by atoms with van der Waals surface area (Å²) in [6.45, 7) is 3.26. The molecular formula is C15H15NO2S. The van der Waals surface area contributed by atoms with Crippen molar-refractivity contribution in [2.24, 2.45) is 0 Å². The summed E-state index contributed by atoms with van der Waals surface area (Å²) in [6, 6.07) is 12.1. The standard InChI is InChI=1S/C15H15NO2S/c1-10-2-5-15(12(16)8-10)19-11-3-4-13-14(9-11)18-7-6-17-13/h2-5,8-9H,6-7,16H2,1H3. The van der Waals surface area contributed by atoms with Crippen LogP contribution in [0.15, 0.2) is 46.2 Å². The Hall–Kier alpha value is -1.81. The van der Waals surface area contributed by atoms with Crippen LogP contribution in [0.3, 0.4) is 0 Å². The molecule has 0 radical (unpaired) electrons. The van der Waals surface area contributed by atoms with Crippen LogP contribution in [0.4, 0.5) is 5.69 Å². The topological polar surface area (TPSA) is 44.5 Å². The van der Waals surface area contributed by atoms with Gasteiger partial charge in [-0.05, 0) is 42.8 Å².